The molecule has 1 atom stereocenters. The van der Waals surface area contributed by atoms with Crippen molar-refractivity contribution in [3.63, 3.8) is 0 Å². The average molecular weight is 246 g/mol. The normalized spacial score (nSPS) is 12.2. The van der Waals surface area contributed by atoms with E-state index in [1.54, 1.807) is 19.1 Å². The number of nitrogens with one attached hydrogen (secondary N) is 1. The Labute approximate surface area is 98.5 Å². The molecule has 0 aliphatic carbocycles. The van der Waals surface area contributed by atoms with Gasteiger partial charge in [0, 0.05) is 12.1 Å². The Hall–Kier alpha value is -1.13. The van der Waals surface area contributed by atoms with E-state index in [4.69, 9.17) is 11.6 Å². The van der Waals surface area contributed by atoms with Gasteiger partial charge in [-0.25, -0.2) is 4.39 Å². The van der Waals surface area contributed by atoms with Gasteiger partial charge in [0.25, 0.3) is 0 Å². The van der Waals surface area contributed by atoms with Gasteiger partial charge in [-0.2, -0.15) is 0 Å². The molecule has 0 spiro atoms. The van der Waals surface area contributed by atoms with E-state index < -0.39 is 11.9 Å². The third kappa shape index (κ3) is 3.18. The van der Waals surface area contributed by atoms with Gasteiger partial charge in [0.15, 0.2) is 0 Å². The van der Waals surface area contributed by atoms with Crippen molar-refractivity contribution in [2.24, 2.45) is 0 Å². The van der Waals surface area contributed by atoms with Crippen LogP contribution in [-0.4, -0.2) is 19.1 Å². The Balaban J connectivity index is 2.61. The van der Waals surface area contributed by atoms with Crippen LogP contribution in [0.15, 0.2) is 18.2 Å². The molecule has 0 amide bonds. The van der Waals surface area contributed by atoms with Crippen LogP contribution in [0, 0.1) is 5.82 Å². The summed E-state index contributed by atoms with van der Waals surface area (Å²) in [4.78, 5) is 11.1. The number of halogens is 2. The predicted molar refractivity (Wildman–Crippen MR) is 59.7 cm³/mol. The standard InChI is InChI=1S/C11H13ClFNO2/c1-7(11(15)16-2)14-6-8-4-3-5-9(12)10(8)13/h3-5,7,14H,6H2,1-2H3/t7-/m0/s1. The van der Waals surface area contributed by atoms with E-state index in [-0.39, 0.29) is 17.5 Å². The van der Waals surface area contributed by atoms with E-state index in [1.165, 1.54) is 13.2 Å². The van der Waals surface area contributed by atoms with E-state index in [0.717, 1.165) is 0 Å². The molecule has 0 aromatic heterocycles. The predicted octanol–water partition coefficient (Wildman–Crippen LogP) is 2.13. The van der Waals surface area contributed by atoms with E-state index in [2.05, 4.69) is 10.1 Å². The van der Waals surface area contributed by atoms with Crippen LogP contribution in [0.4, 0.5) is 4.39 Å². The molecule has 1 aromatic rings. The second kappa shape index (κ2) is 5.82. The monoisotopic (exact) mass is 245 g/mol. The number of carbonyl (C=O) groups excluding carboxylic acids is 1. The van der Waals surface area contributed by atoms with Crippen LogP contribution in [0.2, 0.25) is 5.02 Å². The van der Waals surface area contributed by atoms with Gasteiger partial charge in [0.2, 0.25) is 0 Å². The summed E-state index contributed by atoms with van der Waals surface area (Å²) in [6, 6.07) is 4.26. The van der Waals surface area contributed by atoms with Crippen LogP contribution in [0.1, 0.15) is 12.5 Å². The Morgan fingerprint density at radius 2 is 2.31 bits per heavy atom. The lowest BCUT2D eigenvalue weighted by Crippen LogP contribution is -2.34. The smallest absolute Gasteiger partial charge is 0.322 e. The molecule has 0 aliphatic rings. The lowest BCUT2D eigenvalue weighted by atomic mass is 10.2. The van der Waals surface area contributed by atoms with E-state index in [1.807, 2.05) is 0 Å². The molecule has 5 heteroatoms. The second-order valence-electron chi connectivity index (χ2n) is 3.34. The Morgan fingerprint density at radius 1 is 1.62 bits per heavy atom. The van der Waals surface area contributed by atoms with Crippen molar-refractivity contribution in [3.8, 4) is 0 Å². The fourth-order valence-electron chi connectivity index (χ4n) is 1.21. The summed E-state index contributed by atoms with van der Waals surface area (Å²) in [7, 11) is 1.31. The number of hydrogen-bond donors (Lipinski definition) is 1. The van der Waals surface area contributed by atoms with Gasteiger partial charge < -0.3 is 10.1 Å². The van der Waals surface area contributed by atoms with Crippen molar-refractivity contribution in [1.29, 1.82) is 0 Å². The number of esters is 1. The molecular weight excluding hydrogens is 233 g/mol. The molecule has 1 N–H and O–H groups in total. The number of ether oxygens (including phenoxy) is 1. The molecule has 0 radical (unpaired) electrons. The van der Waals surface area contributed by atoms with Gasteiger partial charge >= 0.3 is 5.97 Å². The number of rotatable bonds is 4. The van der Waals surface area contributed by atoms with Gasteiger partial charge in [0.05, 0.1) is 12.1 Å². The first-order valence-electron chi connectivity index (χ1n) is 4.80. The molecule has 16 heavy (non-hydrogen) atoms. The zero-order valence-corrected chi connectivity index (χ0v) is 9.84. The van der Waals surface area contributed by atoms with Gasteiger partial charge in [-0.1, -0.05) is 23.7 Å². The van der Waals surface area contributed by atoms with E-state index in [9.17, 15) is 9.18 Å². The summed E-state index contributed by atoms with van der Waals surface area (Å²) in [5.41, 5.74) is 0.420. The van der Waals surface area contributed by atoms with Gasteiger partial charge in [-0.15, -0.1) is 0 Å². The second-order valence-corrected chi connectivity index (χ2v) is 3.75. The minimum atomic E-state index is -0.483. The van der Waals surface area contributed by atoms with Crippen molar-refractivity contribution in [2.75, 3.05) is 7.11 Å². The Kier molecular flexibility index (Phi) is 4.71. The molecule has 0 saturated carbocycles. The highest BCUT2D eigenvalue weighted by atomic mass is 35.5. The lowest BCUT2D eigenvalue weighted by molar-refractivity contribution is -0.142. The van der Waals surface area contributed by atoms with Gasteiger partial charge in [0.1, 0.15) is 11.9 Å². The topological polar surface area (TPSA) is 38.3 Å². The maximum atomic E-state index is 13.4. The largest absolute Gasteiger partial charge is 0.468 e. The molecule has 1 rings (SSSR count). The summed E-state index contributed by atoms with van der Waals surface area (Å²) in [5.74, 6) is -0.851. The summed E-state index contributed by atoms with van der Waals surface area (Å²) in [6.07, 6.45) is 0. The first kappa shape index (κ1) is 12.9. The minimum absolute atomic E-state index is 0.0741. The van der Waals surface area contributed by atoms with Crippen molar-refractivity contribution < 1.29 is 13.9 Å². The molecule has 0 aliphatic heterocycles. The van der Waals surface area contributed by atoms with Crippen LogP contribution in [0.3, 0.4) is 0 Å². The maximum absolute atomic E-state index is 13.4. The molecule has 88 valence electrons. The molecule has 1 aromatic carbocycles. The third-order valence-electron chi connectivity index (χ3n) is 2.19. The number of carbonyl (C=O) groups is 1. The SMILES string of the molecule is COC(=O)[C@H](C)NCc1cccc(Cl)c1F. The molecule has 0 fully saturated rings. The molecule has 0 saturated heterocycles. The average Bonchev–Trinajstić information content (AvgIpc) is 2.29. The molecule has 0 heterocycles. The summed E-state index contributed by atoms with van der Waals surface area (Å²) in [6.45, 7) is 1.87. The van der Waals surface area contributed by atoms with Crippen LogP contribution >= 0.6 is 11.6 Å². The summed E-state index contributed by atoms with van der Waals surface area (Å²) in [5, 5.41) is 2.92. The van der Waals surface area contributed by atoms with Crippen LogP contribution in [-0.2, 0) is 16.1 Å². The molecular formula is C11H13ClFNO2. The quantitative estimate of drug-likeness (QED) is 0.826. The zero-order chi connectivity index (χ0) is 12.1. The van der Waals surface area contributed by atoms with Crippen molar-refractivity contribution >= 4 is 17.6 Å². The maximum Gasteiger partial charge on any atom is 0.322 e. The number of methoxy groups -OCH3 is 1. The van der Waals surface area contributed by atoms with E-state index >= 15 is 0 Å². The minimum Gasteiger partial charge on any atom is -0.468 e. The fourth-order valence-corrected chi connectivity index (χ4v) is 1.40. The number of benzene rings is 1. The van der Waals surface area contributed by atoms with Crippen molar-refractivity contribution in [1.82, 2.24) is 5.32 Å². The highest BCUT2D eigenvalue weighted by Gasteiger charge is 2.13. The molecule has 3 nitrogen and oxygen atoms in total. The highest BCUT2D eigenvalue weighted by molar-refractivity contribution is 6.30. The highest BCUT2D eigenvalue weighted by Crippen LogP contribution is 2.17. The Bertz CT molecular complexity index is 384. The first-order chi connectivity index (χ1) is 7.56. The zero-order valence-electron chi connectivity index (χ0n) is 9.09. The lowest BCUT2D eigenvalue weighted by Gasteiger charge is -2.12. The summed E-state index contributed by atoms with van der Waals surface area (Å²) >= 11 is 5.62. The van der Waals surface area contributed by atoms with Crippen molar-refractivity contribution in [2.45, 2.75) is 19.5 Å². The molecule has 0 bridgehead atoms. The van der Waals surface area contributed by atoms with E-state index in [0.29, 0.717) is 5.56 Å². The number of hydrogen-bond acceptors (Lipinski definition) is 3. The summed E-state index contributed by atoms with van der Waals surface area (Å²) < 4.78 is 18.0. The Morgan fingerprint density at radius 3 is 2.94 bits per heavy atom. The third-order valence-corrected chi connectivity index (χ3v) is 2.48. The van der Waals surface area contributed by atoms with Crippen LogP contribution < -0.4 is 5.32 Å². The fraction of sp³-hybridized carbons (Fsp3) is 0.364. The van der Waals surface area contributed by atoms with Crippen LogP contribution in [0.5, 0.6) is 0 Å². The van der Waals surface area contributed by atoms with Crippen LogP contribution in [0.25, 0.3) is 0 Å². The molecule has 0 unspecified atom stereocenters. The van der Waals surface area contributed by atoms with Gasteiger partial charge in [-0.05, 0) is 13.0 Å². The first-order valence-corrected chi connectivity index (χ1v) is 5.18. The van der Waals surface area contributed by atoms with Gasteiger partial charge in [-0.3, -0.25) is 4.79 Å². The van der Waals surface area contributed by atoms with Crippen molar-refractivity contribution in [3.05, 3.63) is 34.6 Å².